The van der Waals surface area contributed by atoms with Crippen LogP contribution in [0.4, 0.5) is 20.0 Å². The van der Waals surface area contributed by atoms with Gasteiger partial charge in [0.05, 0.1) is 6.54 Å². The molecule has 0 saturated carbocycles. The summed E-state index contributed by atoms with van der Waals surface area (Å²) in [5.74, 6) is -0.578. The van der Waals surface area contributed by atoms with Crippen LogP contribution in [-0.4, -0.2) is 54.5 Å². The third kappa shape index (κ3) is 4.66. The number of halogens is 1. The Kier molecular flexibility index (Phi) is 5.44. The Bertz CT molecular complexity index is 715. The molecular weight excluding hydrogens is 345 g/mol. The van der Waals surface area contributed by atoms with Crippen molar-refractivity contribution < 1.29 is 14.0 Å². The maximum absolute atomic E-state index is 13.0. The fourth-order valence-corrected chi connectivity index (χ4v) is 3.08. The molecule has 7 nitrogen and oxygen atoms in total. The molecule has 0 atom stereocenters. The minimum Gasteiger partial charge on any atom is -0.368 e. The van der Waals surface area contributed by atoms with E-state index in [0.29, 0.717) is 31.3 Å². The highest BCUT2D eigenvalue weighted by molar-refractivity contribution is 7.13. The second kappa shape index (κ2) is 7.93. The van der Waals surface area contributed by atoms with E-state index < -0.39 is 0 Å². The molecule has 1 aliphatic rings. The summed E-state index contributed by atoms with van der Waals surface area (Å²) in [6, 6.07) is 6.04. The Morgan fingerprint density at radius 3 is 2.52 bits per heavy atom. The van der Waals surface area contributed by atoms with Crippen LogP contribution in [0.25, 0.3) is 0 Å². The standard InChI is InChI=1S/C16H18FN5O2S/c17-12-1-3-13(4-2-12)21-6-8-22(9-7-21)16(24)19-11-14(23)20-15-18-5-10-25-15/h1-5,10H,6-9,11H2,(H,19,24)(H,18,20,23). The first-order valence-electron chi connectivity index (χ1n) is 7.84. The number of aromatic nitrogens is 1. The molecule has 2 N–H and O–H groups in total. The summed E-state index contributed by atoms with van der Waals surface area (Å²) in [5.41, 5.74) is 0.935. The van der Waals surface area contributed by atoms with Gasteiger partial charge in [0.2, 0.25) is 5.91 Å². The quantitative estimate of drug-likeness (QED) is 0.868. The van der Waals surface area contributed by atoms with Gasteiger partial charge in [-0.05, 0) is 24.3 Å². The van der Waals surface area contributed by atoms with Crippen molar-refractivity contribution in [3.8, 4) is 0 Å². The van der Waals surface area contributed by atoms with Gasteiger partial charge in [-0.2, -0.15) is 0 Å². The summed E-state index contributed by atoms with van der Waals surface area (Å²) < 4.78 is 13.0. The van der Waals surface area contributed by atoms with Crippen molar-refractivity contribution in [2.75, 3.05) is 42.9 Å². The fraction of sp³-hybridized carbons (Fsp3) is 0.312. The lowest BCUT2D eigenvalue weighted by atomic mass is 10.2. The van der Waals surface area contributed by atoms with Gasteiger partial charge < -0.3 is 20.4 Å². The van der Waals surface area contributed by atoms with Gasteiger partial charge in [0.1, 0.15) is 5.82 Å². The summed E-state index contributed by atoms with van der Waals surface area (Å²) in [7, 11) is 0. The first-order chi connectivity index (χ1) is 12.1. The van der Waals surface area contributed by atoms with Crippen molar-refractivity contribution in [2.24, 2.45) is 0 Å². The molecule has 9 heteroatoms. The van der Waals surface area contributed by atoms with Gasteiger partial charge in [-0.3, -0.25) is 4.79 Å². The average molecular weight is 363 g/mol. The molecule has 132 valence electrons. The normalized spacial score (nSPS) is 14.3. The smallest absolute Gasteiger partial charge is 0.317 e. The molecular formula is C16H18FN5O2S. The molecule has 2 heterocycles. The molecule has 25 heavy (non-hydrogen) atoms. The zero-order chi connectivity index (χ0) is 17.6. The van der Waals surface area contributed by atoms with Crippen LogP contribution >= 0.6 is 11.3 Å². The molecule has 0 radical (unpaired) electrons. The second-order valence-electron chi connectivity index (χ2n) is 5.49. The molecule has 0 unspecified atom stereocenters. The number of benzene rings is 1. The Hall–Kier alpha value is -2.68. The Balaban J connectivity index is 1.42. The predicted molar refractivity (Wildman–Crippen MR) is 94.3 cm³/mol. The van der Waals surface area contributed by atoms with E-state index >= 15 is 0 Å². The number of carbonyl (C=O) groups excluding carboxylic acids is 2. The third-order valence-electron chi connectivity index (χ3n) is 3.84. The van der Waals surface area contributed by atoms with E-state index in [1.165, 1.54) is 23.5 Å². The molecule has 0 spiro atoms. The van der Waals surface area contributed by atoms with Crippen molar-refractivity contribution in [1.29, 1.82) is 0 Å². The van der Waals surface area contributed by atoms with Gasteiger partial charge in [-0.25, -0.2) is 14.2 Å². The number of nitrogens with zero attached hydrogens (tertiary/aromatic N) is 3. The number of hydrogen-bond donors (Lipinski definition) is 2. The van der Waals surface area contributed by atoms with Crippen molar-refractivity contribution >= 4 is 34.1 Å². The van der Waals surface area contributed by atoms with Crippen molar-refractivity contribution in [3.63, 3.8) is 0 Å². The van der Waals surface area contributed by atoms with E-state index in [0.717, 1.165) is 5.69 Å². The van der Waals surface area contributed by atoms with Crippen LogP contribution in [-0.2, 0) is 4.79 Å². The number of amides is 3. The molecule has 2 aromatic rings. The Morgan fingerprint density at radius 2 is 1.88 bits per heavy atom. The van der Waals surface area contributed by atoms with Gasteiger partial charge in [0.25, 0.3) is 0 Å². The van der Waals surface area contributed by atoms with Crippen molar-refractivity contribution in [1.82, 2.24) is 15.2 Å². The number of urea groups is 1. The van der Waals surface area contributed by atoms with Crippen molar-refractivity contribution in [2.45, 2.75) is 0 Å². The van der Waals surface area contributed by atoms with Crippen LogP contribution in [0.1, 0.15) is 0 Å². The van der Waals surface area contributed by atoms with Crippen molar-refractivity contribution in [3.05, 3.63) is 41.7 Å². The van der Waals surface area contributed by atoms with Gasteiger partial charge in [-0.1, -0.05) is 0 Å². The van der Waals surface area contributed by atoms with Crippen LogP contribution in [0.3, 0.4) is 0 Å². The number of thiazole rings is 1. The summed E-state index contributed by atoms with van der Waals surface area (Å²) in [5, 5.41) is 7.49. The number of hydrogen-bond acceptors (Lipinski definition) is 5. The molecule has 0 aliphatic carbocycles. The second-order valence-corrected chi connectivity index (χ2v) is 6.39. The lowest BCUT2D eigenvalue weighted by Crippen LogP contribution is -2.52. The molecule has 1 aliphatic heterocycles. The van der Waals surface area contributed by atoms with Crippen LogP contribution in [0.2, 0.25) is 0 Å². The minimum absolute atomic E-state index is 0.101. The summed E-state index contributed by atoms with van der Waals surface area (Å²) in [6.45, 7) is 2.29. The van der Waals surface area contributed by atoms with E-state index in [9.17, 15) is 14.0 Å². The van der Waals surface area contributed by atoms with E-state index in [1.807, 2.05) is 0 Å². The van der Waals surface area contributed by atoms with Gasteiger partial charge >= 0.3 is 6.03 Å². The van der Waals surface area contributed by atoms with Gasteiger partial charge in [0.15, 0.2) is 5.13 Å². The van der Waals surface area contributed by atoms with Gasteiger partial charge in [-0.15, -0.1) is 11.3 Å². The SMILES string of the molecule is O=C(CNC(=O)N1CCN(c2ccc(F)cc2)CC1)Nc1nccs1. The molecule has 1 saturated heterocycles. The van der Waals surface area contributed by atoms with Crippen LogP contribution in [0.5, 0.6) is 0 Å². The third-order valence-corrected chi connectivity index (χ3v) is 4.53. The first kappa shape index (κ1) is 17.2. The molecule has 1 aromatic carbocycles. The zero-order valence-electron chi connectivity index (χ0n) is 13.4. The van der Waals surface area contributed by atoms with Crippen LogP contribution in [0.15, 0.2) is 35.8 Å². The largest absolute Gasteiger partial charge is 0.368 e. The first-order valence-corrected chi connectivity index (χ1v) is 8.72. The minimum atomic E-state index is -0.312. The highest BCUT2D eigenvalue weighted by Gasteiger charge is 2.21. The number of rotatable bonds is 4. The molecule has 3 amide bonds. The topological polar surface area (TPSA) is 77.6 Å². The maximum Gasteiger partial charge on any atom is 0.317 e. The summed E-state index contributed by atoms with van der Waals surface area (Å²) in [4.78, 5) is 31.6. The van der Waals surface area contributed by atoms with Crippen LogP contribution in [0, 0.1) is 5.82 Å². The lowest BCUT2D eigenvalue weighted by molar-refractivity contribution is -0.115. The number of anilines is 2. The van der Waals surface area contributed by atoms with E-state index in [-0.39, 0.29) is 24.3 Å². The van der Waals surface area contributed by atoms with Gasteiger partial charge in [0, 0.05) is 43.4 Å². The monoisotopic (exact) mass is 363 g/mol. The fourth-order valence-electron chi connectivity index (χ4n) is 2.54. The van der Waals surface area contributed by atoms with E-state index in [4.69, 9.17) is 0 Å². The molecule has 3 rings (SSSR count). The van der Waals surface area contributed by atoms with E-state index in [2.05, 4.69) is 20.5 Å². The van der Waals surface area contributed by atoms with Crippen LogP contribution < -0.4 is 15.5 Å². The number of piperazine rings is 1. The lowest BCUT2D eigenvalue weighted by Gasteiger charge is -2.36. The molecule has 1 fully saturated rings. The zero-order valence-corrected chi connectivity index (χ0v) is 14.3. The summed E-state index contributed by atoms with van der Waals surface area (Å²) in [6.07, 6.45) is 1.60. The van der Waals surface area contributed by atoms with E-state index in [1.54, 1.807) is 28.6 Å². The number of nitrogens with one attached hydrogen (secondary N) is 2. The Labute approximate surface area is 148 Å². The highest BCUT2D eigenvalue weighted by Crippen LogP contribution is 2.16. The molecule has 0 bridgehead atoms. The average Bonchev–Trinajstić information content (AvgIpc) is 3.13. The summed E-state index contributed by atoms with van der Waals surface area (Å²) >= 11 is 1.32. The molecule has 1 aromatic heterocycles. The number of carbonyl (C=O) groups is 2. The maximum atomic E-state index is 13.0. The Morgan fingerprint density at radius 1 is 1.16 bits per heavy atom. The highest BCUT2D eigenvalue weighted by atomic mass is 32.1. The predicted octanol–water partition coefficient (Wildman–Crippen LogP) is 1.75.